The zero-order valence-corrected chi connectivity index (χ0v) is 9.96. The fourth-order valence-corrected chi connectivity index (χ4v) is 1.43. The summed E-state index contributed by atoms with van der Waals surface area (Å²) in [5.74, 6) is 0.470. The number of nitriles is 1. The molecule has 1 aromatic rings. The van der Waals surface area contributed by atoms with Crippen molar-refractivity contribution in [1.29, 1.82) is 5.26 Å². The molecule has 0 radical (unpaired) electrons. The standard InChI is InChI=1S/C12H15N3O/c1-7(2)14-12-10(6-13)5-11(9(4)16)8(3)15-12/h5,7H,1-4H3,(H,14,15). The second-order valence-corrected chi connectivity index (χ2v) is 3.98. The number of Topliss-reactive ketones (excluding diaryl/α,β-unsaturated/α-hetero) is 1. The summed E-state index contributed by atoms with van der Waals surface area (Å²) in [6, 6.07) is 3.84. The van der Waals surface area contributed by atoms with Gasteiger partial charge in [0.2, 0.25) is 0 Å². The Bertz CT molecular complexity index is 458. The lowest BCUT2D eigenvalue weighted by atomic mass is 10.1. The Labute approximate surface area is 95.3 Å². The molecule has 0 aromatic carbocycles. The molecule has 0 bridgehead atoms. The number of pyridine rings is 1. The first-order chi connectivity index (χ1) is 7.45. The molecule has 0 saturated heterocycles. The summed E-state index contributed by atoms with van der Waals surface area (Å²) in [6.07, 6.45) is 0. The molecule has 4 heteroatoms. The van der Waals surface area contributed by atoms with E-state index in [0.717, 1.165) is 0 Å². The molecule has 0 amide bonds. The predicted octanol–water partition coefficient (Wildman–Crippen LogP) is 2.28. The minimum absolute atomic E-state index is 0.0717. The van der Waals surface area contributed by atoms with Crippen LogP contribution in [0, 0.1) is 18.3 Å². The van der Waals surface area contributed by atoms with Crippen LogP contribution in [0.2, 0.25) is 0 Å². The number of carbonyl (C=O) groups excluding carboxylic acids is 1. The summed E-state index contributed by atoms with van der Waals surface area (Å²) >= 11 is 0. The highest BCUT2D eigenvalue weighted by Crippen LogP contribution is 2.17. The molecule has 84 valence electrons. The lowest BCUT2D eigenvalue weighted by molar-refractivity contribution is 0.101. The van der Waals surface area contributed by atoms with E-state index in [1.807, 2.05) is 19.9 Å². The smallest absolute Gasteiger partial charge is 0.161 e. The molecule has 0 aliphatic rings. The van der Waals surface area contributed by atoms with Crippen molar-refractivity contribution >= 4 is 11.6 Å². The molecule has 4 nitrogen and oxygen atoms in total. The number of rotatable bonds is 3. The number of hydrogen-bond acceptors (Lipinski definition) is 4. The maximum Gasteiger partial charge on any atom is 0.161 e. The Morgan fingerprint density at radius 2 is 2.19 bits per heavy atom. The summed E-state index contributed by atoms with van der Waals surface area (Å²) in [5.41, 5.74) is 1.56. The van der Waals surface area contributed by atoms with E-state index < -0.39 is 0 Å². The largest absolute Gasteiger partial charge is 0.367 e. The number of nitrogens with zero attached hydrogens (tertiary/aromatic N) is 2. The van der Waals surface area contributed by atoms with Crippen LogP contribution in [0.25, 0.3) is 0 Å². The molecule has 16 heavy (non-hydrogen) atoms. The molecule has 0 aliphatic heterocycles. The fourth-order valence-electron chi connectivity index (χ4n) is 1.43. The van der Waals surface area contributed by atoms with E-state index in [0.29, 0.717) is 22.6 Å². The summed E-state index contributed by atoms with van der Waals surface area (Å²) in [5, 5.41) is 12.1. The van der Waals surface area contributed by atoms with E-state index in [4.69, 9.17) is 5.26 Å². The Morgan fingerprint density at radius 3 is 2.62 bits per heavy atom. The molecule has 0 atom stereocenters. The van der Waals surface area contributed by atoms with Crippen molar-refractivity contribution in [3.63, 3.8) is 0 Å². The number of aryl methyl sites for hydroxylation is 1. The average Bonchev–Trinajstić information content (AvgIpc) is 2.16. The van der Waals surface area contributed by atoms with E-state index in [1.54, 1.807) is 13.0 Å². The van der Waals surface area contributed by atoms with Crippen LogP contribution in [0.1, 0.15) is 42.4 Å². The molecule has 0 saturated carbocycles. The highest BCUT2D eigenvalue weighted by Gasteiger charge is 2.12. The zero-order chi connectivity index (χ0) is 12.3. The van der Waals surface area contributed by atoms with Crippen LogP contribution < -0.4 is 5.32 Å². The second kappa shape index (κ2) is 4.75. The van der Waals surface area contributed by atoms with Gasteiger partial charge in [-0.3, -0.25) is 4.79 Å². The second-order valence-electron chi connectivity index (χ2n) is 3.98. The van der Waals surface area contributed by atoms with Gasteiger partial charge in [0.1, 0.15) is 11.9 Å². The van der Waals surface area contributed by atoms with E-state index in [9.17, 15) is 4.79 Å². The number of carbonyl (C=O) groups is 1. The fraction of sp³-hybridized carbons (Fsp3) is 0.417. The zero-order valence-electron chi connectivity index (χ0n) is 9.96. The van der Waals surface area contributed by atoms with Gasteiger partial charge in [0.15, 0.2) is 5.78 Å². The third-order valence-electron chi connectivity index (χ3n) is 2.14. The van der Waals surface area contributed by atoms with Crippen molar-refractivity contribution in [1.82, 2.24) is 4.98 Å². The normalized spacial score (nSPS) is 10.0. The summed E-state index contributed by atoms with van der Waals surface area (Å²) in [7, 11) is 0. The molecule has 1 rings (SSSR count). The van der Waals surface area contributed by atoms with Crippen molar-refractivity contribution in [2.24, 2.45) is 0 Å². The molecule has 1 N–H and O–H groups in total. The number of anilines is 1. The van der Waals surface area contributed by atoms with Crippen molar-refractivity contribution < 1.29 is 4.79 Å². The van der Waals surface area contributed by atoms with Gasteiger partial charge in [-0.2, -0.15) is 5.26 Å². The minimum atomic E-state index is -0.0717. The molecule has 0 fully saturated rings. The SMILES string of the molecule is CC(=O)c1cc(C#N)c(NC(C)C)nc1C. The lowest BCUT2D eigenvalue weighted by Crippen LogP contribution is -2.14. The van der Waals surface area contributed by atoms with Crippen molar-refractivity contribution in [2.75, 3.05) is 5.32 Å². The molecule has 0 unspecified atom stereocenters. The Morgan fingerprint density at radius 1 is 1.56 bits per heavy atom. The topological polar surface area (TPSA) is 65.8 Å². The minimum Gasteiger partial charge on any atom is -0.367 e. The summed E-state index contributed by atoms with van der Waals surface area (Å²) in [6.45, 7) is 7.18. The molecular weight excluding hydrogens is 202 g/mol. The number of aromatic nitrogens is 1. The van der Waals surface area contributed by atoms with E-state index >= 15 is 0 Å². The molecule has 1 aromatic heterocycles. The van der Waals surface area contributed by atoms with Crippen LogP contribution in [0.3, 0.4) is 0 Å². The van der Waals surface area contributed by atoms with Gasteiger partial charge in [-0.15, -0.1) is 0 Å². The monoisotopic (exact) mass is 217 g/mol. The van der Waals surface area contributed by atoms with Gasteiger partial charge < -0.3 is 5.32 Å². The maximum atomic E-state index is 11.3. The van der Waals surface area contributed by atoms with Gasteiger partial charge in [-0.25, -0.2) is 4.98 Å². The van der Waals surface area contributed by atoms with Crippen molar-refractivity contribution in [2.45, 2.75) is 33.7 Å². The van der Waals surface area contributed by atoms with E-state index in [2.05, 4.69) is 10.3 Å². The van der Waals surface area contributed by atoms with Gasteiger partial charge >= 0.3 is 0 Å². The van der Waals surface area contributed by atoms with Gasteiger partial charge in [0.05, 0.1) is 11.3 Å². The maximum absolute atomic E-state index is 11.3. The van der Waals surface area contributed by atoms with Crippen LogP contribution in [0.4, 0.5) is 5.82 Å². The number of ketones is 1. The summed E-state index contributed by atoms with van der Waals surface area (Å²) < 4.78 is 0. The molecule has 0 aliphatic carbocycles. The van der Waals surface area contributed by atoms with Gasteiger partial charge in [-0.05, 0) is 33.8 Å². The van der Waals surface area contributed by atoms with Crippen LogP contribution in [0.5, 0.6) is 0 Å². The van der Waals surface area contributed by atoms with Crippen LogP contribution in [-0.4, -0.2) is 16.8 Å². The quantitative estimate of drug-likeness (QED) is 0.789. The molecular formula is C12H15N3O. The van der Waals surface area contributed by atoms with Crippen LogP contribution >= 0.6 is 0 Å². The van der Waals surface area contributed by atoms with E-state index in [-0.39, 0.29) is 11.8 Å². The third-order valence-corrected chi connectivity index (χ3v) is 2.14. The first kappa shape index (κ1) is 12.2. The third kappa shape index (κ3) is 2.57. The highest BCUT2D eigenvalue weighted by atomic mass is 16.1. The van der Waals surface area contributed by atoms with Gasteiger partial charge in [0.25, 0.3) is 0 Å². The van der Waals surface area contributed by atoms with Crippen LogP contribution in [0.15, 0.2) is 6.07 Å². The molecule has 1 heterocycles. The number of hydrogen-bond donors (Lipinski definition) is 1. The Balaban J connectivity index is 3.28. The van der Waals surface area contributed by atoms with Crippen molar-refractivity contribution in [3.8, 4) is 6.07 Å². The van der Waals surface area contributed by atoms with Crippen molar-refractivity contribution in [3.05, 3.63) is 22.9 Å². The van der Waals surface area contributed by atoms with E-state index in [1.165, 1.54) is 6.92 Å². The number of nitrogens with one attached hydrogen (secondary N) is 1. The van der Waals surface area contributed by atoms with Gasteiger partial charge in [-0.1, -0.05) is 0 Å². The average molecular weight is 217 g/mol. The van der Waals surface area contributed by atoms with Gasteiger partial charge in [0, 0.05) is 11.6 Å². The Hall–Kier alpha value is -1.89. The predicted molar refractivity (Wildman–Crippen MR) is 62.5 cm³/mol. The molecule has 0 spiro atoms. The highest BCUT2D eigenvalue weighted by molar-refractivity contribution is 5.95. The first-order valence-corrected chi connectivity index (χ1v) is 5.15. The lowest BCUT2D eigenvalue weighted by Gasteiger charge is -2.12. The van der Waals surface area contributed by atoms with Crippen LogP contribution in [-0.2, 0) is 0 Å². The first-order valence-electron chi connectivity index (χ1n) is 5.15. The Kier molecular flexibility index (Phi) is 3.62. The summed E-state index contributed by atoms with van der Waals surface area (Å²) in [4.78, 5) is 15.5.